The van der Waals surface area contributed by atoms with Gasteiger partial charge in [0.15, 0.2) is 5.96 Å². The summed E-state index contributed by atoms with van der Waals surface area (Å²) in [6, 6.07) is 12.3. The number of hydrogen-bond acceptors (Lipinski definition) is 5. The zero-order valence-corrected chi connectivity index (χ0v) is 17.8. The lowest BCUT2D eigenvalue weighted by atomic mass is 9.90. The fourth-order valence-corrected chi connectivity index (χ4v) is 4.12. The average molecular weight is 411 g/mol. The molecule has 1 unspecified atom stereocenters. The second kappa shape index (κ2) is 8.29. The van der Waals surface area contributed by atoms with Crippen molar-refractivity contribution >= 4 is 17.3 Å². The van der Waals surface area contributed by atoms with Crippen LogP contribution in [0, 0.1) is 0 Å². The van der Waals surface area contributed by atoms with E-state index in [-0.39, 0.29) is 11.6 Å². The van der Waals surface area contributed by atoms with Gasteiger partial charge in [-0.15, -0.1) is 11.3 Å². The van der Waals surface area contributed by atoms with Gasteiger partial charge in [-0.2, -0.15) is 0 Å². The summed E-state index contributed by atoms with van der Waals surface area (Å²) in [6.45, 7) is 7.51. The normalized spacial score (nSPS) is 18.0. The second-order valence-corrected chi connectivity index (χ2v) is 8.56. The first-order chi connectivity index (χ1) is 14.0. The zero-order valence-electron chi connectivity index (χ0n) is 16.9. The van der Waals surface area contributed by atoms with Gasteiger partial charge in [0, 0.05) is 18.5 Å². The highest BCUT2D eigenvalue weighted by atomic mass is 32.1. The molecule has 3 heterocycles. The highest BCUT2D eigenvalue weighted by Gasteiger charge is 2.33. The molecular weight excluding hydrogens is 384 g/mol. The fraction of sp³-hybridized carbons (Fsp3) is 0.364. The Hall–Kier alpha value is -2.80. The first-order valence-corrected chi connectivity index (χ1v) is 10.7. The number of aliphatic imine (C=N–C) groups is 1. The number of para-hydroxylation sites is 1. The van der Waals surface area contributed by atoms with Crippen LogP contribution in [0.2, 0.25) is 0 Å². The number of nitrogens with zero attached hydrogens (tertiary/aromatic N) is 2. The summed E-state index contributed by atoms with van der Waals surface area (Å²) in [5, 5.41) is 8.92. The van der Waals surface area contributed by atoms with Crippen molar-refractivity contribution in [2.45, 2.75) is 45.4 Å². The number of aromatic nitrogens is 1. The van der Waals surface area contributed by atoms with Crippen LogP contribution in [0.3, 0.4) is 0 Å². The molecular formula is C22H26N4O2S. The molecule has 1 aliphatic heterocycles. The lowest BCUT2D eigenvalue weighted by molar-refractivity contribution is 0.0694. The number of hydrogen-bond donors (Lipinski definition) is 2. The number of benzene rings is 1. The molecule has 0 saturated carbocycles. The Bertz CT molecular complexity index is 978. The molecule has 4 rings (SSSR count). The molecule has 0 aliphatic carbocycles. The van der Waals surface area contributed by atoms with Crippen LogP contribution in [0.25, 0.3) is 10.8 Å². The van der Waals surface area contributed by atoms with Gasteiger partial charge in [-0.1, -0.05) is 24.3 Å². The molecule has 1 atom stereocenters. The summed E-state index contributed by atoms with van der Waals surface area (Å²) < 4.78 is 11.7. The van der Waals surface area contributed by atoms with E-state index in [0.29, 0.717) is 12.4 Å². The molecule has 6 nitrogen and oxygen atoms in total. The third-order valence-electron chi connectivity index (χ3n) is 4.71. The number of fused-ring (bicyclic) bond motifs is 1. The molecule has 1 aromatic carbocycles. The van der Waals surface area contributed by atoms with Gasteiger partial charge in [0.1, 0.15) is 23.3 Å². The fourth-order valence-electron chi connectivity index (χ4n) is 3.47. The molecule has 29 heavy (non-hydrogen) atoms. The van der Waals surface area contributed by atoms with Crippen LogP contribution in [-0.4, -0.2) is 23.1 Å². The van der Waals surface area contributed by atoms with Crippen molar-refractivity contribution in [3.8, 4) is 16.5 Å². The number of guanidine groups is 1. The minimum absolute atomic E-state index is 0.117. The summed E-state index contributed by atoms with van der Waals surface area (Å²) in [5.74, 6) is 2.32. The minimum Gasteiger partial charge on any atom is -0.487 e. The molecule has 152 valence electrons. The number of oxazole rings is 1. The predicted molar refractivity (Wildman–Crippen MR) is 116 cm³/mol. The Morgan fingerprint density at radius 2 is 2.14 bits per heavy atom. The van der Waals surface area contributed by atoms with Crippen LogP contribution in [-0.2, 0) is 6.54 Å². The Morgan fingerprint density at radius 3 is 2.93 bits per heavy atom. The van der Waals surface area contributed by atoms with E-state index in [0.717, 1.165) is 40.8 Å². The lowest BCUT2D eigenvalue weighted by Crippen LogP contribution is -2.45. The zero-order chi connectivity index (χ0) is 20.3. The molecule has 2 N–H and O–H groups in total. The third kappa shape index (κ3) is 4.62. The SMILES string of the molecule is CCNC(=NCc1coc(-c2cccs2)n1)NC1CC(C)(C)Oc2ccccc21. The maximum atomic E-state index is 6.14. The van der Waals surface area contributed by atoms with Gasteiger partial charge < -0.3 is 19.8 Å². The van der Waals surface area contributed by atoms with E-state index >= 15 is 0 Å². The molecule has 0 radical (unpaired) electrons. The van der Waals surface area contributed by atoms with Crippen molar-refractivity contribution in [1.82, 2.24) is 15.6 Å². The van der Waals surface area contributed by atoms with E-state index in [1.54, 1.807) is 17.6 Å². The standard InChI is InChI=1S/C22H26N4O2S/c1-4-23-21(24-13-15-14-27-20(25-15)19-10-7-11-29-19)26-17-12-22(2,3)28-18-9-6-5-8-16(17)18/h5-11,14,17H,4,12-13H2,1-3H3,(H2,23,24,26). The van der Waals surface area contributed by atoms with E-state index in [2.05, 4.69) is 42.5 Å². The van der Waals surface area contributed by atoms with Crippen LogP contribution < -0.4 is 15.4 Å². The Labute approximate surface area is 175 Å². The molecule has 0 spiro atoms. The molecule has 0 bridgehead atoms. The van der Waals surface area contributed by atoms with Gasteiger partial charge in [-0.25, -0.2) is 9.98 Å². The molecule has 7 heteroatoms. The van der Waals surface area contributed by atoms with Crippen LogP contribution in [0.5, 0.6) is 5.75 Å². The van der Waals surface area contributed by atoms with E-state index in [4.69, 9.17) is 14.1 Å². The average Bonchev–Trinajstić information content (AvgIpc) is 3.37. The molecule has 0 saturated heterocycles. The van der Waals surface area contributed by atoms with Crippen molar-refractivity contribution < 1.29 is 9.15 Å². The van der Waals surface area contributed by atoms with Gasteiger partial charge in [0.25, 0.3) is 0 Å². The van der Waals surface area contributed by atoms with E-state index in [1.165, 1.54) is 0 Å². The number of nitrogens with one attached hydrogen (secondary N) is 2. The number of thiophene rings is 1. The quantitative estimate of drug-likeness (QED) is 0.469. The third-order valence-corrected chi connectivity index (χ3v) is 5.57. The van der Waals surface area contributed by atoms with Crippen LogP contribution in [0.4, 0.5) is 0 Å². The van der Waals surface area contributed by atoms with Gasteiger partial charge >= 0.3 is 0 Å². The van der Waals surface area contributed by atoms with Crippen LogP contribution >= 0.6 is 11.3 Å². The number of rotatable bonds is 5. The first kappa shape index (κ1) is 19.5. The summed E-state index contributed by atoms with van der Waals surface area (Å²) in [4.78, 5) is 10.3. The number of ether oxygens (including phenoxy) is 1. The molecule has 0 fully saturated rings. The molecule has 3 aromatic rings. The predicted octanol–water partition coefficient (Wildman–Crippen LogP) is 4.76. The largest absolute Gasteiger partial charge is 0.487 e. The van der Waals surface area contributed by atoms with Gasteiger partial charge in [0.2, 0.25) is 5.89 Å². The van der Waals surface area contributed by atoms with E-state index < -0.39 is 0 Å². The molecule has 0 amide bonds. The van der Waals surface area contributed by atoms with Gasteiger partial charge in [-0.05, 0) is 38.3 Å². The summed E-state index contributed by atoms with van der Waals surface area (Å²) in [7, 11) is 0. The minimum atomic E-state index is -0.245. The summed E-state index contributed by atoms with van der Waals surface area (Å²) in [6.07, 6.45) is 2.52. The van der Waals surface area contributed by atoms with Crippen LogP contribution in [0.1, 0.15) is 44.5 Å². The maximum Gasteiger partial charge on any atom is 0.236 e. The van der Waals surface area contributed by atoms with Gasteiger partial charge in [-0.3, -0.25) is 0 Å². The van der Waals surface area contributed by atoms with Gasteiger partial charge in [0.05, 0.1) is 17.5 Å². The molecule has 2 aromatic heterocycles. The van der Waals surface area contributed by atoms with E-state index in [1.807, 2.05) is 35.7 Å². The maximum absolute atomic E-state index is 6.14. The smallest absolute Gasteiger partial charge is 0.236 e. The Kier molecular flexibility index (Phi) is 5.58. The summed E-state index contributed by atoms with van der Waals surface area (Å²) >= 11 is 1.61. The van der Waals surface area contributed by atoms with Crippen molar-refractivity contribution in [3.05, 3.63) is 59.3 Å². The Balaban J connectivity index is 1.51. The monoisotopic (exact) mass is 410 g/mol. The van der Waals surface area contributed by atoms with E-state index in [9.17, 15) is 0 Å². The molecule has 1 aliphatic rings. The van der Waals surface area contributed by atoms with Crippen molar-refractivity contribution in [3.63, 3.8) is 0 Å². The Morgan fingerprint density at radius 1 is 1.28 bits per heavy atom. The first-order valence-electron chi connectivity index (χ1n) is 9.85. The van der Waals surface area contributed by atoms with Crippen molar-refractivity contribution in [2.75, 3.05) is 6.54 Å². The summed E-state index contributed by atoms with van der Waals surface area (Å²) in [5.41, 5.74) is 1.71. The van der Waals surface area contributed by atoms with Crippen molar-refractivity contribution in [2.24, 2.45) is 4.99 Å². The lowest BCUT2D eigenvalue weighted by Gasteiger charge is -2.38. The topological polar surface area (TPSA) is 71.7 Å². The second-order valence-electron chi connectivity index (χ2n) is 7.62. The van der Waals surface area contributed by atoms with Crippen LogP contribution in [0.15, 0.2) is 57.5 Å². The highest BCUT2D eigenvalue weighted by molar-refractivity contribution is 7.13. The van der Waals surface area contributed by atoms with Crippen molar-refractivity contribution in [1.29, 1.82) is 0 Å². The highest BCUT2D eigenvalue weighted by Crippen LogP contribution is 2.39.